The molecule has 0 saturated carbocycles. The SMILES string of the molecule is CCc1cc(C(F)(C(F)(F)F)C(F)(F)F)cc(C)c1NC(=O)c1ccc(F)c(C#N)c1. The quantitative estimate of drug-likeness (QED) is 0.572. The van der Waals surface area contributed by atoms with Gasteiger partial charge in [0, 0.05) is 16.8 Å². The van der Waals surface area contributed by atoms with Gasteiger partial charge in [-0.25, -0.2) is 8.78 Å². The molecule has 166 valence electrons. The molecular weight excluding hydrogens is 436 g/mol. The fraction of sp³-hybridized carbons (Fsp3) is 0.300. The summed E-state index contributed by atoms with van der Waals surface area (Å²) in [6, 6.07) is 5.12. The highest BCUT2D eigenvalue weighted by molar-refractivity contribution is 6.05. The van der Waals surface area contributed by atoms with E-state index >= 15 is 0 Å². The van der Waals surface area contributed by atoms with Crippen molar-refractivity contribution in [2.24, 2.45) is 0 Å². The van der Waals surface area contributed by atoms with Gasteiger partial charge in [-0.3, -0.25) is 4.79 Å². The molecule has 0 bridgehead atoms. The Morgan fingerprint density at radius 2 is 1.61 bits per heavy atom. The molecule has 1 N–H and O–H groups in total. The fourth-order valence-corrected chi connectivity index (χ4v) is 2.94. The predicted octanol–water partition coefficient (Wildman–Crippen LogP) is 6.11. The number of hydrogen-bond acceptors (Lipinski definition) is 2. The lowest BCUT2D eigenvalue weighted by Gasteiger charge is -2.31. The van der Waals surface area contributed by atoms with Crippen LogP contribution in [-0.2, 0) is 12.1 Å². The Morgan fingerprint density at radius 3 is 2.10 bits per heavy atom. The van der Waals surface area contributed by atoms with Gasteiger partial charge in [0.25, 0.3) is 5.91 Å². The Bertz CT molecular complexity index is 1040. The molecule has 0 atom stereocenters. The van der Waals surface area contributed by atoms with Crippen LogP contribution in [0.5, 0.6) is 0 Å². The third kappa shape index (κ3) is 4.33. The molecule has 0 saturated heterocycles. The summed E-state index contributed by atoms with van der Waals surface area (Å²) in [6.45, 7) is 2.50. The molecule has 31 heavy (non-hydrogen) atoms. The van der Waals surface area contributed by atoms with Crippen molar-refractivity contribution in [3.8, 4) is 6.07 Å². The average molecular weight is 450 g/mol. The van der Waals surface area contributed by atoms with Crippen molar-refractivity contribution < 1.29 is 39.9 Å². The van der Waals surface area contributed by atoms with Gasteiger partial charge in [0.2, 0.25) is 0 Å². The van der Waals surface area contributed by atoms with Crippen LogP contribution < -0.4 is 5.32 Å². The number of nitrogens with zero attached hydrogens (tertiary/aromatic N) is 1. The van der Waals surface area contributed by atoms with Crippen LogP contribution in [0.3, 0.4) is 0 Å². The van der Waals surface area contributed by atoms with Crippen LogP contribution in [0.2, 0.25) is 0 Å². The number of benzene rings is 2. The molecule has 3 nitrogen and oxygen atoms in total. The number of anilines is 1. The second-order valence-electron chi connectivity index (χ2n) is 6.60. The summed E-state index contributed by atoms with van der Waals surface area (Å²) in [4.78, 5) is 12.4. The number of alkyl halides is 7. The summed E-state index contributed by atoms with van der Waals surface area (Å²) in [6.07, 6.45) is -12.7. The van der Waals surface area contributed by atoms with Crippen molar-refractivity contribution >= 4 is 11.6 Å². The summed E-state index contributed by atoms with van der Waals surface area (Å²) in [5, 5.41) is 11.2. The highest BCUT2D eigenvalue weighted by Gasteiger charge is 2.73. The fourth-order valence-electron chi connectivity index (χ4n) is 2.94. The lowest BCUT2D eigenvalue weighted by Crippen LogP contribution is -2.50. The van der Waals surface area contributed by atoms with Gasteiger partial charge in [0.1, 0.15) is 11.9 Å². The largest absolute Gasteiger partial charge is 0.435 e. The van der Waals surface area contributed by atoms with Crippen LogP contribution in [-0.4, -0.2) is 18.3 Å². The monoisotopic (exact) mass is 450 g/mol. The van der Waals surface area contributed by atoms with E-state index in [4.69, 9.17) is 5.26 Å². The first-order valence-corrected chi connectivity index (χ1v) is 8.64. The van der Waals surface area contributed by atoms with Crippen LogP contribution in [0.25, 0.3) is 0 Å². The number of rotatable bonds is 4. The molecule has 2 rings (SSSR count). The molecule has 2 aromatic carbocycles. The third-order valence-electron chi connectivity index (χ3n) is 4.56. The number of nitriles is 1. The van der Waals surface area contributed by atoms with E-state index in [-0.39, 0.29) is 28.8 Å². The topological polar surface area (TPSA) is 52.9 Å². The van der Waals surface area contributed by atoms with E-state index in [0.717, 1.165) is 25.1 Å². The van der Waals surface area contributed by atoms with E-state index < -0.39 is 40.9 Å². The molecule has 1 amide bonds. The number of nitrogens with one attached hydrogen (secondary N) is 1. The minimum absolute atomic E-state index is 0.120. The first kappa shape index (κ1) is 24.1. The summed E-state index contributed by atoms with van der Waals surface area (Å²) in [5.41, 5.74) is -8.42. The van der Waals surface area contributed by atoms with Gasteiger partial charge in [0.05, 0.1) is 5.56 Å². The second-order valence-corrected chi connectivity index (χ2v) is 6.60. The predicted molar refractivity (Wildman–Crippen MR) is 94.5 cm³/mol. The molecule has 0 unspecified atom stereocenters. The Kier molecular flexibility index (Phi) is 6.35. The lowest BCUT2D eigenvalue weighted by atomic mass is 9.89. The Morgan fingerprint density at radius 1 is 1.03 bits per heavy atom. The van der Waals surface area contributed by atoms with Crippen molar-refractivity contribution in [2.75, 3.05) is 5.32 Å². The van der Waals surface area contributed by atoms with E-state index in [0.29, 0.717) is 12.1 Å². The summed E-state index contributed by atoms with van der Waals surface area (Å²) in [7, 11) is 0. The number of carbonyl (C=O) groups excluding carboxylic acids is 1. The van der Waals surface area contributed by atoms with Crippen molar-refractivity contribution in [1.29, 1.82) is 5.26 Å². The van der Waals surface area contributed by atoms with E-state index in [2.05, 4.69) is 5.32 Å². The smallest absolute Gasteiger partial charge is 0.321 e. The van der Waals surface area contributed by atoms with Gasteiger partial charge in [-0.05, 0) is 48.7 Å². The highest BCUT2D eigenvalue weighted by atomic mass is 19.4. The van der Waals surface area contributed by atoms with Gasteiger partial charge in [-0.2, -0.15) is 31.6 Å². The van der Waals surface area contributed by atoms with Crippen LogP contribution in [0.1, 0.15) is 39.5 Å². The van der Waals surface area contributed by atoms with Crippen molar-refractivity contribution in [2.45, 2.75) is 38.3 Å². The summed E-state index contributed by atoms with van der Waals surface area (Å²) < 4.78 is 106. The zero-order chi connectivity index (χ0) is 23.8. The van der Waals surface area contributed by atoms with Gasteiger partial charge in [-0.15, -0.1) is 0 Å². The summed E-state index contributed by atoms with van der Waals surface area (Å²) in [5.74, 6) is -1.77. The normalized spacial score (nSPS) is 12.4. The Hall–Kier alpha value is -3.16. The van der Waals surface area contributed by atoms with E-state index in [9.17, 15) is 39.9 Å². The molecule has 2 aromatic rings. The van der Waals surface area contributed by atoms with Gasteiger partial charge in [-0.1, -0.05) is 13.0 Å². The molecule has 0 radical (unpaired) electrons. The van der Waals surface area contributed by atoms with Crippen molar-refractivity contribution in [3.05, 3.63) is 64.0 Å². The zero-order valence-corrected chi connectivity index (χ0v) is 16.0. The van der Waals surface area contributed by atoms with E-state index in [1.165, 1.54) is 13.0 Å². The first-order valence-electron chi connectivity index (χ1n) is 8.64. The van der Waals surface area contributed by atoms with Crippen LogP contribution in [0.15, 0.2) is 30.3 Å². The standard InChI is InChI=1S/C20H14F8N2O/c1-3-11-8-14(18(22,19(23,24)25)20(26,27)28)6-10(2)16(11)30-17(31)12-4-5-15(21)13(7-12)9-29/h4-8H,3H2,1-2H3,(H,30,31). The van der Waals surface area contributed by atoms with Crippen molar-refractivity contribution in [3.63, 3.8) is 0 Å². The number of aryl methyl sites for hydroxylation is 2. The molecule has 0 aliphatic heterocycles. The van der Waals surface area contributed by atoms with Gasteiger partial charge >= 0.3 is 18.0 Å². The molecule has 0 spiro atoms. The second kappa shape index (κ2) is 8.17. The Balaban J connectivity index is 2.56. The number of halogens is 8. The van der Waals surface area contributed by atoms with Crippen LogP contribution >= 0.6 is 0 Å². The number of amides is 1. The Labute approximate surface area is 171 Å². The maximum Gasteiger partial charge on any atom is 0.435 e. The number of hydrogen-bond donors (Lipinski definition) is 1. The summed E-state index contributed by atoms with van der Waals surface area (Å²) >= 11 is 0. The maximum atomic E-state index is 14.4. The minimum Gasteiger partial charge on any atom is -0.321 e. The minimum atomic E-state index is -6.27. The molecule has 0 aliphatic rings. The average Bonchev–Trinajstić information content (AvgIpc) is 2.67. The molecule has 11 heteroatoms. The zero-order valence-electron chi connectivity index (χ0n) is 16.0. The highest BCUT2D eigenvalue weighted by Crippen LogP contribution is 2.53. The number of carbonyl (C=O) groups is 1. The maximum absolute atomic E-state index is 14.4. The van der Waals surface area contributed by atoms with Crippen molar-refractivity contribution in [1.82, 2.24) is 0 Å². The lowest BCUT2D eigenvalue weighted by molar-refractivity contribution is -0.348. The molecule has 0 aromatic heterocycles. The third-order valence-corrected chi connectivity index (χ3v) is 4.56. The van der Waals surface area contributed by atoms with Gasteiger partial charge in [0.15, 0.2) is 0 Å². The first-order chi connectivity index (χ1) is 14.2. The van der Waals surface area contributed by atoms with Crippen LogP contribution in [0.4, 0.5) is 40.8 Å². The van der Waals surface area contributed by atoms with Crippen LogP contribution in [0, 0.1) is 24.1 Å². The van der Waals surface area contributed by atoms with Gasteiger partial charge < -0.3 is 5.32 Å². The van der Waals surface area contributed by atoms with E-state index in [1.807, 2.05) is 0 Å². The molecule has 0 heterocycles. The molecule has 0 fully saturated rings. The molecular formula is C20H14F8N2O. The molecule has 0 aliphatic carbocycles. The van der Waals surface area contributed by atoms with E-state index in [1.54, 1.807) is 0 Å².